The Morgan fingerprint density at radius 1 is 1.19 bits per heavy atom. The van der Waals surface area contributed by atoms with Gasteiger partial charge >= 0.3 is 5.97 Å². The molecule has 4 rings (SSSR count). The Morgan fingerprint density at radius 3 is 2.69 bits per heavy atom. The first-order valence-corrected chi connectivity index (χ1v) is 8.62. The number of esters is 1. The molecule has 1 amide bonds. The minimum absolute atomic E-state index is 0.253. The summed E-state index contributed by atoms with van der Waals surface area (Å²) < 4.78 is 5.09. The van der Waals surface area contributed by atoms with E-state index in [1.54, 1.807) is 18.2 Å². The summed E-state index contributed by atoms with van der Waals surface area (Å²) in [5.41, 5.74) is 4.06. The highest BCUT2D eigenvalue weighted by atomic mass is 16.5. The Morgan fingerprint density at radius 2 is 1.96 bits per heavy atom. The summed E-state index contributed by atoms with van der Waals surface area (Å²) in [6.45, 7) is 1.77. The highest BCUT2D eigenvalue weighted by Crippen LogP contribution is 2.22. The first-order valence-electron chi connectivity index (χ1n) is 8.62. The summed E-state index contributed by atoms with van der Waals surface area (Å²) in [5, 5.41) is 2.78. The van der Waals surface area contributed by atoms with Gasteiger partial charge in [0.05, 0.1) is 16.6 Å². The van der Waals surface area contributed by atoms with Crippen LogP contribution in [0.1, 0.15) is 28.8 Å². The van der Waals surface area contributed by atoms with Crippen LogP contribution in [0.3, 0.4) is 0 Å². The summed E-state index contributed by atoms with van der Waals surface area (Å²) in [4.78, 5) is 31.6. The highest BCUT2D eigenvalue weighted by Gasteiger charge is 2.23. The molecule has 0 spiro atoms. The van der Waals surface area contributed by atoms with Crippen LogP contribution in [-0.2, 0) is 9.53 Å². The van der Waals surface area contributed by atoms with E-state index in [1.165, 1.54) is 5.56 Å². The third-order valence-corrected chi connectivity index (χ3v) is 4.32. The number of hydrogen-bond donors (Lipinski definition) is 2. The van der Waals surface area contributed by atoms with Crippen LogP contribution in [0.4, 0.5) is 0 Å². The van der Waals surface area contributed by atoms with Crippen molar-refractivity contribution in [2.75, 3.05) is 6.61 Å². The number of rotatable bonds is 5. The van der Waals surface area contributed by atoms with Gasteiger partial charge in [-0.3, -0.25) is 4.79 Å². The molecule has 1 fully saturated rings. The molecule has 0 unspecified atom stereocenters. The molecule has 0 atom stereocenters. The van der Waals surface area contributed by atoms with Crippen molar-refractivity contribution in [3.05, 3.63) is 53.6 Å². The number of nitrogens with one attached hydrogen (secondary N) is 2. The number of carbonyl (C=O) groups excluding carboxylic acids is 2. The van der Waals surface area contributed by atoms with Gasteiger partial charge in [-0.25, -0.2) is 9.78 Å². The molecule has 1 aromatic heterocycles. The van der Waals surface area contributed by atoms with Crippen LogP contribution in [0.25, 0.3) is 22.4 Å². The highest BCUT2D eigenvalue weighted by molar-refractivity contribution is 5.95. The molecule has 0 bridgehead atoms. The molecule has 26 heavy (non-hydrogen) atoms. The fraction of sp³-hybridized carbons (Fsp3) is 0.250. The Labute approximate surface area is 150 Å². The van der Waals surface area contributed by atoms with E-state index in [1.807, 2.05) is 31.2 Å². The molecule has 2 N–H and O–H groups in total. The molecular weight excluding hydrogens is 330 g/mol. The van der Waals surface area contributed by atoms with E-state index in [-0.39, 0.29) is 18.6 Å². The van der Waals surface area contributed by atoms with Gasteiger partial charge in [-0.1, -0.05) is 29.8 Å². The van der Waals surface area contributed by atoms with E-state index in [4.69, 9.17) is 4.74 Å². The minimum Gasteiger partial charge on any atom is -0.452 e. The predicted molar refractivity (Wildman–Crippen MR) is 97.7 cm³/mol. The van der Waals surface area contributed by atoms with Crippen LogP contribution < -0.4 is 5.32 Å². The fourth-order valence-corrected chi connectivity index (χ4v) is 2.70. The minimum atomic E-state index is -0.524. The molecule has 6 heteroatoms. The van der Waals surface area contributed by atoms with Crippen LogP contribution >= 0.6 is 0 Å². The van der Waals surface area contributed by atoms with Crippen molar-refractivity contribution in [1.82, 2.24) is 15.3 Å². The third kappa shape index (κ3) is 3.59. The normalized spacial score (nSPS) is 13.6. The maximum atomic E-state index is 12.2. The van der Waals surface area contributed by atoms with Crippen LogP contribution in [0.5, 0.6) is 0 Å². The number of H-pyrrole nitrogens is 1. The van der Waals surface area contributed by atoms with Gasteiger partial charge in [0.15, 0.2) is 6.61 Å². The Kier molecular flexibility index (Phi) is 4.16. The number of amides is 1. The quantitative estimate of drug-likeness (QED) is 0.694. The summed E-state index contributed by atoms with van der Waals surface area (Å²) >= 11 is 0. The molecule has 1 aliphatic carbocycles. The number of imidazole rings is 1. The first-order chi connectivity index (χ1) is 12.6. The number of aryl methyl sites for hydroxylation is 1. The van der Waals surface area contributed by atoms with Gasteiger partial charge in [-0.15, -0.1) is 0 Å². The van der Waals surface area contributed by atoms with Crippen molar-refractivity contribution < 1.29 is 14.3 Å². The lowest BCUT2D eigenvalue weighted by atomic mass is 10.1. The van der Waals surface area contributed by atoms with Crippen LogP contribution in [-0.4, -0.2) is 34.5 Å². The number of benzene rings is 2. The van der Waals surface area contributed by atoms with Crippen molar-refractivity contribution >= 4 is 22.9 Å². The lowest BCUT2D eigenvalue weighted by molar-refractivity contribution is -0.124. The SMILES string of the molecule is Cc1ccc(-c2nc3ccc(C(=O)OCC(=O)NC4CC4)cc3[nH]2)cc1. The zero-order valence-electron chi connectivity index (χ0n) is 14.4. The molecule has 132 valence electrons. The molecule has 0 saturated heterocycles. The summed E-state index contributed by atoms with van der Waals surface area (Å²) in [7, 11) is 0. The Bertz CT molecular complexity index is 972. The molecule has 1 heterocycles. The van der Waals surface area contributed by atoms with Crippen molar-refractivity contribution in [2.24, 2.45) is 0 Å². The Hall–Kier alpha value is -3.15. The monoisotopic (exact) mass is 349 g/mol. The van der Waals surface area contributed by atoms with Crippen LogP contribution in [0.15, 0.2) is 42.5 Å². The van der Waals surface area contributed by atoms with Crippen molar-refractivity contribution in [2.45, 2.75) is 25.8 Å². The van der Waals surface area contributed by atoms with Gasteiger partial charge in [0.25, 0.3) is 5.91 Å². The van der Waals surface area contributed by atoms with Crippen molar-refractivity contribution in [3.8, 4) is 11.4 Å². The smallest absolute Gasteiger partial charge is 0.338 e. The second-order valence-electron chi connectivity index (χ2n) is 6.60. The zero-order valence-corrected chi connectivity index (χ0v) is 14.4. The van der Waals surface area contributed by atoms with E-state index in [0.717, 1.165) is 35.3 Å². The number of fused-ring (bicyclic) bond motifs is 1. The van der Waals surface area contributed by atoms with Crippen LogP contribution in [0.2, 0.25) is 0 Å². The number of carbonyl (C=O) groups is 2. The number of aromatic amines is 1. The summed E-state index contributed by atoms with van der Waals surface area (Å²) in [5.74, 6) is -0.0382. The van der Waals surface area contributed by atoms with E-state index >= 15 is 0 Å². The average molecular weight is 349 g/mol. The maximum Gasteiger partial charge on any atom is 0.338 e. The summed E-state index contributed by atoms with van der Waals surface area (Å²) in [6, 6.07) is 13.4. The lowest BCUT2D eigenvalue weighted by Crippen LogP contribution is -2.30. The molecule has 1 saturated carbocycles. The number of nitrogens with zero attached hydrogens (tertiary/aromatic N) is 1. The first kappa shape index (κ1) is 16.3. The lowest BCUT2D eigenvalue weighted by Gasteiger charge is -2.05. The zero-order chi connectivity index (χ0) is 18.1. The van der Waals surface area contributed by atoms with Crippen molar-refractivity contribution in [3.63, 3.8) is 0 Å². The van der Waals surface area contributed by atoms with Crippen molar-refractivity contribution in [1.29, 1.82) is 0 Å². The number of aromatic nitrogens is 2. The second kappa shape index (κ2) is 6.63. The standard InChI is InChI=1S/C20H19N3O3/c1-12-2-4-13(5-3-12)19-22-16-9-6-14(10-17(16)23-19)20(25)26-11-18(24)21-15-7-8-15/h2-6,9-10,15H,7-8,11H2,1H3,(H,21,24)(H,22,23). The molecule has 1 aliphatic rings. The molecule has 0 aliphatic heterocycles. The van der Waals surface area contributed by atoms with Crippen LogP contribution in [0, 0.1) is 6.92 Å². The maximum absolute atomic E-state index is 12.2. The second-order valence-corrected chi connectivity index (χ2v) is 6.60. The van der Waals surface area contributed by atoms with Gasteiger partial charge in [-0.2, -0.15) is 0 Å². The van der Waals surface area contributed by atoms with E-state index in [2.05, 4.69) is 15.3 Å². The number of hydrogen-bond acceptors (Lipinski definition) is 4. The van der Waals surface area contributed by atoms with Gasteiger partial charge in [0, 0.05) is 11.6 Å². The fourth-order valence-electron chi connectivity index (χ4n) is 2.70. The van der Waals surface area contributed by atoms with Gasteiger partial charge in [-0.05, 0) is 38.0 Å². The molecule has 6 nitrogen and oxygen atoms in total. The molecule has 0 radical (unpaired) electrons. The van der Waals surface area contributed by atoms with E-state index in [0.29, 0.717) is 5.56 Å². The molecule has 2 aromatic carbocycles. The topological polar surface area (TPSA) is 84.1 Å². The predicted octanol–water partition coefficient (Wildman–Crippen LogP) is 2.97. The van der Waals surface area contributed by atoms with Gasteiger partial charge in [0.2, 0.25) is 0 Å². The largest absolute Gasteiger partial charge is 0.452 e. The molecule has 3 aromatic rings. The van der Waals surface area contributed by atoms with Gasteiger partial charge in [0.1, 0.15) is 5.82 Å². The summed E-state index contributed by atoms with van der Waals surface area (Å²) in [6.07, 6.45) is 2.00. The Balaban J connectivity index is 1.48. The number of ether oxygens (including phenoxy) is 1. The molecular formula is C20H19N3O3. The third-order valence-electron chi connectivity index (χ3n) is 4.32. The average Bonchev–Trinajstić information content (AvgIpc) is 3.34. The van der Waals surface area contributed by atoms with E-state index in [9.17, 15) is 9.59 Å². The van der Waals surface area contributed by atoms with E-state index < -0.39 is 5.97 Å². The van der Waals surface area contributed by atoms with Gasteiger partial charge < -0.3 is 15.0 Å².